The topological polar surface area (TPSA) is 3.24 Å². The van der Waals surface area contributed by atoms with Crippen molar-refractivity contribution >= 4 is 48.6 Å². The maximum absolute atomic E-state index is 2.56. The fourth-order valence-electron chi connectivity index (χ4n) is 10.4. The van der Waals surface area contributed by atoms with Gasteiger partial charge in [-0.05, 0) is 97.6 Å². The predicted molar refractivity (Wildman–Crippen MR) is 268 cm³/mol. The maximum Gasteiger partial charge on any atom is 0.0714 e. The molecule has 1 nitrogen and oxygen atoms in total. The minimum atomic E-state index is -0.550. The lowest BCUT2D eigenvalue weighted by atomic mass is 9.67. The zero-order valence-corrected chi connectivity index (χ0v) is 35.3. The third kappa shape index (κ3) is 5.91. The first-order valence-corrected chi connectivity index (χ1v) is 22.5. The lowest BCUT2D eigenvalue weighted by Crippen LogP contribution is -2.28. The minimum absolute atomic E-state index is 0.550. The molecule has 0 fully saturated rings. The van der Waals surface area contributed by atoms with E-state index in [4.69, 9.17) is 0 Å². The normalized spacial score (nSPS) is 12.6. The molecular weight excluding hydrogens is 779 g/mol. The van der Waals surface area contributed by atoms with Crippen LogP contribution in [-0.4, -0.2) is 0 Å². The van der Waals surface area contributed by atoms with Crippen molar-refractivity contribution in [2.24, 2.45) is 0 Å². The maximum atomic E-state index is 2.56. The quantitative estimate of drug-likeness (QED) is 0.148. The molecule has 12 rings (SSSR count). The Bertz CT molecular complexity index is 3400. The Labute approximate surface area is 372 Å². The van der Waals surface area contributed by atoms with Crippen molar-refractivity contribution in [1.82, 2.24) is 0 Å². The highest BCUT2D eigenvalue weighted by Gasteiger charge is 2.46. The van der Waals surface area contributed by atoms with E-state index < -0.39 is 5.41 Å². The average Bonchev–Trinajstić information content (AvgIpc) is 3.89. The number of hydrogen-bond donors (Lipinski definition) is 0. The van der Waals surface area contributed by atoms with Crippen molar-refractivity contribution in [1.29, 1.82) is 0 Å². The molecule has 1 aromatic heterocycles. The third-order valence-electron chi connectivity index (χ3n) is 13.0. The number of hydrogen-bond acceptors (Lipinski definition) is 2. The molecule has 63 heavy (non-hydrogen) atoms. The van der Waals surface area contributed by atoms with Gasteiger partial charge in [0.05, 0.1) is 16.8 Å². The van der Waals surface area contributed by atoms with Gasteiger partial charge < -0.3 is 4.90 Å². The fraction of sp³-hybridized carbons (Fsp3) is 0.0164. The van der Waals surface area contributed by atoms with Crippen molar-refractivity contribution < 1.29 is 0 Å². The predicted octanol–water partition coefficient (Wildman–Crippen LogP) is 16.9. The van der Waals surface area contributed by atoms with E-state index in [9.17, 15) is 0 Å². The summed E-state index contributed by atoms with van der Waals surface area (Å²) in [4.78, 5) is 2.56. The van der Waals surface area contributed by atoms with Gasteiger partial charge in [0.15, 0.2) is 0 Å². The van der Waals surface area contributed by atoms with E-state index in [1.165, 1.54) is 86.9 Å². The van der Waals surface area contributed by atoms with Crippen LogP contribution in [0, 0.1) is 0 Å². The number of fused-ring (bicyclic) bond motifs is 6. The van der Waals surface area contributed by atoms with Crippen molar-refractivity contribution in [2.75, 3.05) is 4.90 Å². The van der Waals surface area contributed by atoms with Crippen LogP contribution >= 0.6 is 11.3 Å². The molecular formula is C61H41NS. The number of anilines is 3. The standard InChI is InChI=1S/C61H41NS/c1-5-21-42(22-6-1)47-29-13-14-31-51(47)59-48(43-23-7-2-8-24-43)33-19-35-55(59)62(56-36-20-38-58-60(56)52-32-16-18-37-57(52)63-58)46-39-40-50-49-30-15-17-34-53(49)61(54(50)41-46,44-25-9-3-10-26-44)45-27-11-4-12-28-45/h1-41H. The van der Waals surface area contributed by atoms with E-state index in [1.54, 1.807) is 0 Å². The van der Waals surface area contributed by atoms with E-state index in [1.807, 2.05) is 11.3 Å². The molecule has 10 aromatic carbocycles. The van der Waals surface area contributed by atoms with Crippen LogP contribution in [0.3, 0.4) is 0 Å². The molecule has 0 saturated carbocycles. The first-order chi connectivity index (χ1) is 31.3. The van der Waals surface area contributed by atoms with E-state index >= 15 is 0 Å². The first kappa shape index (κ1) is 37.0. The smallest absolute Gasteiger partial charge is 0.0714 e. The summed E-state index contributed by atoms with van der Waals surface area (Å²) in [5.74, 6) is 0. The summed E-state index contributed by atoms with van der Waals surface area (Å²) in [6.45, 7) is 0. The van der Waals surface area contributed by atoms with Crippen LogP contribution in [0.2, 0.25) is 0 Å². The molecule has 0 saturated heterocycles. The lowest BCUT2D eigenvalue weighted by molar-refractivity contribution is 0.768. The highest BCUT2D eigenvalue weighted by molar-refractivity contribution is 7.26. The molecule has 0 radical (unpaired) electrons. The number of rotatable bonds is 8. The summed E-state index contributed by atoms with van der Waals surface area (Å²) in [6.07, 6.45) is 0. The second-order valence-electron chi connectivity index (χ2n) is 16.3. The van der Waals surface area contributed by atoms with Gasteiger partial charge in [0.2, 0.25) is 0 Å². The summed E-state index contributed by atoms with van der Waals surface area (Å²) >= 11 is 1.86. The average molecular weight is 820 g/mol. The number of thiophene rings is 1. The van der Waals surface area contributed by atoms with Gasteiger partial charge in [-0.3, -0.25) is 0 Å². The highest BCUT2D eigenvalue weighted by atomic mass is 32.1. The van der Waals surface area contributed by atoms with Crippen LogP contribution < -0.4 is 4.90 Å². The van der Waals surface area contributed by atoms with Gasteiger partial charge in [0, 0.05) is 31.4 Å². The van der Waals surface area contributed by atoms with Crippen molar-refractivity contribution in [2.45, 2.75) is 5.41 Å². The Morgan fingerprint density at radius 2 is 0.841 bits per heavy atom. The first-order valence-electron chi connectivity index (χ1n) is 21.7. The van der Waals surface area contributed by atoms with Crippen LogP contribution in [0.5, 0.6) is 0 Å². The molecule has 1 aliphatic rings. The Morgan fingerprint density at radius 3 is 1.56 bits per heavy atom. The minimum Gasteiger partial charge on any atom is -0.309 e. The zero-order valence-electron chi connectivity index (χ0n) is 34.5. The van der Waals surface area contributed by atoms with E-state index in [-0.39, 0.29) is 0 Å². The molecule has 0 amide bonds. The number of nitrogens with zero attached hydrogens (tertiary/aromatic N) is 1. The van der Waals surface area contributed by atoms with Crippen LogP contribution in [0.25, 0.3) is 64.7 Å². The molecule has 0 unspecified atom stereocenters. The summed E-state index contributed by atoms with van der Waals surface area (Å²) in [5, 5.41) is 2.52. The lowest BCUT2D eigenvalue weighted by Gasteiger charge is -2.35. The van der Waals surface area contributed by atoms with Crippen molar-refractivity contribution in [3.8, 4) is 44.5 Å². The van der Waals surface area contributed by atoms with Gasteiger partial charge in [-0.25, -0.2) is 0 Å². The van der Waals surface area contributed by atoms with Crippen LogP contribution in [0.4, 0.5) is 17.1 Å². The Hall–Kier alpha value is -7.78. The molecule has 1 aliphatic carbocycles. The van der Waals surface area contributed by atoms with Crippen LogP contribution in [0.1, 0.15) is 22.3 Å². The molecule has 296 valence electrons. The van der Waals surface area contributed by atoms with E-state index in [0.717, 1.165) is 17.1 Å². The highest BCUT2D eigenvalue weighted by Crippen LogP contribution is 2.58. The number of benzene rings is 10. The SMILES string of the molecule is c1ccc(-c2ccccc2-c2c(-c3ccccc3)cccc2N(c2ccc3c(c2)C(c2ccccc2)(c2ccccc2)c2ccccc2-3)c2cccc3sc4ccccc4c23)cc1. The van der Waals surface area contributed by atoms with Crippen molar-refractivity contribution in [3.05, 3.63) is 271 Å². The van der Waals surface area contributed by atoms with Crippen LogP contribution in [-0.2, 0) is 5.41 Å². The Balaban J connectivity index is 1.22. The summed E-state index contributed by atoms with van der Waals surface area (Å²) in [7, 11) is 0. The fourth-order valence-corrected chi connectivity index (χ4v) is 11.5. The Kier molecular flexibility index (Phi) is 8.98. The van der Waals surface area contributed by atoms with E-state index in [2.05, 4.69) is 254 Å². The molecule has 0 bridgehead atoms. The molecule has 0 spiro atoms. The van der Waals surface area contributed by atoms with Gasteiger partial charge in [-0.1, -0.05) is 212 Å². The molecule has 2 heteroatoms. The van der Waals surface area contributed by atoms with Crippen LogP contribution in [0.15, 0.2) is 249 Å². The second-order valence-corrected chi connectivity index (χ2v) is 17.4. The third-order valence-corrected chi connectivity index (χ3v) is 14.1. The zero-order chi connectivity index (χ0) is 41.7. The molecule has 0 N–H and O–H groups in total. The van der Waals surface area contributed by atoms with E-state index in [0.29, 0.717) is 0 Å². The van der Waals surface area contributed by atoms with Gasteiger partial charge in [0.25, 0.3) is 0 Å². The van der Waals surface area contributed by atoms with Gasteiger partial charge in [-0.2, -0.15) is 0 Å². The summed E-state index contributed by atoms with van der Waals surface area (Å²) < 4.78 is 2.55. The largest absolute Gasteiger partial charge is 0.309 e. The van der Waals surface area contributed by atoms with Crippen molar-refractivity contribution in [3.63, 3.8) is 0 Å². The van der Waals surface area contributed by atoms with Gasteiger partial charge >= 0.3 is 0 Å². The summed E-state index contributed by atoms with van der Waals surface area (Å²) in [5.41, 5.74) is 17.5. The molecule has 1 heterocycles. The summed E-state index contributed by atoms with van der Waals surface area (Å²) in [6, 6.07) is 91.7. The second kappa shape index (κ2) is 15.3. The monoisotopic (exact) mass is 819 g/mol. The molecule has 11 aromatic rings. The molecule has 0 aliphatic heterocycles. The Morgan fingerprint density at radius 1 is 0.333 bits per heavy atom. The van der Waals surface area contributed by atoms with Gasteiger partial charge in [0.1, 0.15) is 0 Å². The molecule has 0 atom stereocenters. The van der Waals surface area contributed by atoms with Gasteiger partial charge in [-0.15, -0.1) is 11.3 Å².